The highest BCUT2D eigenvalue weighted by atomic mass is 16.3. The number of carbonyl (C=O) groups excluding carboxylic acids is 10. The summed E-state index contributed by atoms with van der Waals surface area (Å²) < 4.78 is 5.26. The van der Waals surface area contributed by atoms with Crippen molar-refractivity contribution in [3.8, 4) is 0 Å². The zero-order valence-electron chi connectivity index (χ0n) is 53.0. The second-order valence-electron chi connectivity index (χ2n) is 26.3. The number of likely N-dealkylation sites (N-methyl/N-ethyl adjacent to an activating group) is 1. The Morgan fingerprint density at radius 1 is 0.663 bits per heavy atom. The van der Waals surface area contributed by atoms with E-state index >= 15 is 0 Å². The molecular weight excluding hydrogens is 1060 g/mol. The molecule has 0 unspecified atom stereocenters. The summed E-state index contributed by atoms with van der Waals surface area (Å²) in [6.45, 7) is 24.9. The standard InChI is InChI=1S/C60H104N12O11/c1-17-18-19-20-21-22-25-41(49(75)66-46-26-23-31-72(46)53(79)45-35-83-40(8)62-45)48(74)63-43(33-38(4)5)51(77)68-58(11,12)55(81)65-42(32-37(2)3)50(76)64-44(34-39(6)7)52(78)69-59(13,14)56(82)70-57(9,10)54(80)61-30-27-47(73)67-60(28-24-29-60)36-71(15)16/h35,37-39,41-44,46H,17-34,36H2,1-16H3,(H,61,80)(H,63,74)(H,64,76)(H,65,81)(H,66,75)(H,67,73)(H,68,77)(H,69,78)(H,70,82)/t41-,42+,43+,44+,46+/m1/s1. The van der Waals surface area contributed by atoms with Gasteiger partial charge in [0.15, 0.2) is 11.6 Å². The highest BCUT2D eigenvalue weighted by Gasteiger charge is 2.42. The molecule has 0 spiro atoms. The fraction of sp³-hybridized carbons (Fsp3) is 0.783. The van der Waals surface area contributed by atoms with Crippen LogP contribution in [0.25, 0.3) is 0 Å². The molecule has 1 aromatic heterocycles. The van der Waals surface area contributed by atoms with Gasteiger partial charge in [-0.2, -0.15) is 0 Å². The normalized spacial score (nSPS) is 16.7. The first-order valence-electron chi connectivity index (χ1n) is 30.3. The average Bonchev–Trinajstić information content (AvgIpc) is 4.20. The summed E-state index contributed by atoms with van der Waals surface area (Å²) in [4.78, 5) is 146. The van der Waals surface area contributed by atoms with Crippen LogP contribution in [0.1, 0.15) is 209 Å². The lowest BCUT2D eigenvalue weighted by molar-refractivity contribution is -0.140. The monoisotopic (exact) mass is 1170 g/mol. The van der Waals surface area contributed by atoms with E-state index in [1.807, 2.05) is 60.5 Å². The largest absolute Gasteiger partial charge is 0.448 e. The van der Waals surface area contributed by atoms with E-state index in [0.717, 1.165) is 57.9 Å². The molecule has 1 aliphatic carbocycles. The van der Waals surface area contributed by atoms with Crippen molar-refractivity contribution in [3.05, 3.63) is 17.8 Å². The number of rotatable bonds is 35. The lowest BCUT2D eigenvalue weighted by Gasteiger charge is -2.44. The molecule has 1 saturated heterocycles. The third-order valence-corrected chi connectivity index (χ3v) is 15.1. The van der Waals surface area contributed by atoms with Crippen LogP contribution in [-0.4, -0.2) is 154 Å². The predicted molar refractivity (Wildman–Crippen MR) is 317 cm³/mol. The van der Waals surface area contributed by atoms with Crippen LogP contribution < -0.4 is 47.9 Å². The first kappa shape index (κ1) is 71.1. The molecule has 2 fully saturated rings. The Morgan fingerprint density at radius 2 is 1.18 bits per heavy atom. The molecule has 9 N–H and O–H groups in total. The highest BCUT2D eigenvalue weighted by molar-refractivity contribution is 6.03. The van der Waals surface area contributed by atoms with E-state index in [1.54, 1.807) is 6.92 Å². The lowest BCUT2D eigenvalue weighted by Crippen LogP contribution is -2.65. The molecule has 23 heteroatoms. The number of aryl methyl sites for hydroxylation is 1. The average molecular weight is 1170 g/mol. The molecule has 5 atom stereocenters. The van der Waals surface area contributed by atoms with Gasteiger partial charge in [-0.05, 0) is 131 Å². The van der Waals surface area contributed by atoms with E-state index in [0.29, 0.717) is 31.7 Å². The van der Waals surface area contributed by atoms with Crippen molar-refractivity contribution in [3.63, 3.8) is 0 Å². The van der Waals surface area contributed by atoms with Crippen LogP contribution in [0.5, 0.6) is 0 Å². The van der Waals surface area contributed by atoms with Crippen molar-refractivity contribution >= 4 is 59.1 Å². The fourth-order valence-corrected chi connectivity index (χ4v) is 10.3. The van der Waals surface area contributed by atoms with E-state index in [4.69, 9.17) is 4.42 Å². The van der Waals surface area contributed by atoms with Gasteiger partial charge >= 0.3 is 0 Å². The number of oxazole rings is 1. The summed E-state index contributed by atoms with van der Waals surface area (Å²) in [7, 11) is 3.91. The number of nitrogens with zero attached hydrogens (tertiary/aromatic N) is 3. The Labute approximate surface area is 493 Å². The van der Waals surface area contributed by atoms with E-state index < -0.39 is 100.0 Å². The van der Waals surface area contributed by atoms with Crippen LogP contribution in [0.3, 0.4) is 0 Å². The fourth-order valence-electron chi connectivity index (χ4n) is 10.3. The summed E-state index contributed by atoms with van der Waals surface area (Å²) in [5.41, 5.74) is -4.85. The molecule has 83 heavy (non-hydrogen) atoms. The number of likely N-dealkylation sites (tertiary alicyclic amines) is 1. The van der Waals surface area contributed by atoms with E-state index in [-0.39, 0.29) is 73.5 Å². The van der Waals surface area contributed by atoms with Crippen molar-refractivity contribution in [1.82, 2.24) is 62.6 Å². The Morgan fingerprint density at radius 3 is 1.69 bits per heavy atom. The van der Waals surface area contributed by atoms with Crippen molar-refractivity contribution in [2.45, 2.75) is 246 Å². The Kier molecular flexibility index (Phi) is 27.6. The van der Waals surface area contributed by atoms with Gasteiger partial charge in [-0.15, -0.1) is 0 Å². The minimum Gasteiger partial charge on any atom is -0.448 e. The predicted octanol–water partition coefficient (Wildman–Crippen LogP) is 4.41. The summed E-state index contributed by atoms with van der Waals surface area (Å²) in [5, 5.41) is 25.4. The number of hydrogen-bond acceptors (Lipinski definition) is 13. The van der Waals surface area contributed by atoms with Crippen molar-refractivity contribution in [2.24, 2.45) is 23.7 Å². The van der Waals surface area contributed by atoms with E-state index in [2.05, 4.69) is 59.8 Å². The minimum absolute atomic E-state index is 0.0459. The minimum atomic E-state index is -1.65. The van der Waals surface area contributed by atoms with Crippen molar-refractivity contribution in [1.29, 1.82) is 0 Å². The number of hydrogen-bond donors (Lipinski definition) is 9. The summed E-state index contributed by atoms with van der Waals surface area (Å²) in [5.74, 6) is -7.06. The van der Waals surface area contributed by atoms with Crippen LogP contribution >= 0.6 is 0 Å². The number of nitrogens with one attached hydrogen (secondary N) is 9. The van der Waals surface area contributed by atoms with Gasteiger partial charge in [-0.25, -0.2) is 4.98 Å². The van der Waals surface area contributed by atoms with Crippen LogP contribution in [-0.2, 0) is 43.2 Å². The molecule has 470 valence electrons. The summed E-state index contributed by atoms with van der Waals surface area (Å²) in [6, 6.07) is -3.51. The maximum Gasteiger partial charge on any atom is 0.277 e. The molecule has 0 bridgehead atoms. The maximum atomic E-state index is 14.3. The van der Waals surface area contributed by atoms with Crippen LogP contribution in [0.2, 0.25) is 0 Å². The molecule has 1 aromatic rings. The van der Waals surface area contributed by atoms with Gasteiger partial charge in [-0.3, -0.25) is 47.9 Å². The molecule has 1 saturated carbocycles. The van der Waals surface area contributed by atoms with Crippen LogP contribution in [0.15, 0.2) is 10.7 Å². The molecule has 0 aromatic carbocycles. The number of amides is 10. The van der Waals surface area contributed by atoms with Gasteiger partial charge < -0.3 is 62.1 Å². The molecule has 1 aliphatic heterocycles. The first-order chi connectivity index (χ1) is 38.6. The smallest absolute Gasteiger partial charge is 0.277 e. The molecule has 23 nitrogen and oxygen atoms in total. The Bertz CT molecular complexity index is 2380. The molecular formula is C60H104N12O11. The molecule has 2 heterocycles. The van der Waals surface area contributed by atoms with Gasteiger partial charge in [-0.1, -0.05) is 87.0 Å². The van der Waals surface area contributed by atoms with Gasteiger partial charge in [0.2, 0.25) is 53.2 Å². The van der Waals surface area contributed by atoms with Gasteiger partial charge in [0.1, 0.15) is 53.1 Å². The highest BCUT2D eigenvalue weighted by Crippen LogP contribution is 2.32. The molecule has 10 amide bonds. The SMILES string of the molecule is CCCCCCCC[C@H](C(=O)N[C@@H](CC(C)C)C(=O)NC(C)(C)C(=O)N[C@@H](CC(C)C)C(=O)N[C@@H](CC(C)C)C(=O)NC(C)(C)C(=O)NC(C)(C)C(=O)NCCC(=O)NC1(CN(C)C)CCC1)C(=O)N[C@@H]1CCCN1C(=O)c1coc(C)n1. The molecule has 2 aliphatic rings. The number of aromatic nitrogens is 1. The maximum absolute atomic E-state index is 14.3. The summed E-state index contributed by atoms with van der Waals surface area (Å²) >= 11 is 0. The number of unbranched alkanes of at least 4 members (excludes halogenated alkanes) is 5. The van der Waals surface area contributed by atoms with Gasteiger partial charge in [0.05, 0.1) is 5.54 Å². The quantitative estimate of drug-likeness (QED) is 0.0337. The van der Waals surface area contributed by atoms with Gasteiger partial charge in [0, 0.05) is 33.0 Å². The second kappa shape index (κ2) is 32.2. The van der Waals surface area contributed by atoms with E-state index in [9.17, 15) is 47.9 Å². The topological polar surface area (TPSA) is 311 Å². The first-order valence-corrected chi connectivity index (χ1v) is 30.3. The van der Waals surface area contributed by atoms with Gasteiger partial charge in [0.25, 0.3) is 5.91 Å². The lowest BCUT2D eigenvalue weighted by atomic mass is 9.76. The zero-order valence-corrected chi connectivity index (χ0v) is 53.0. The summed E-state index contributed by atoms with van der Waals surface area (Å²) in [6.07, 6.45) is 10.6. The van der Waals surface area contributed by atoms with Crippen molar-refractivity contribution in [2.75, 3.05) is 33.7 Å². The third-order valence-electron chi connectivity index (χ3n) is 15.1. The number of carbonyl (C=O) groups is 10. The molecule has 0 radical (unpaired) electrons. The van der Waals surface area contributed by atoms with Crippen LogP contribution in [0, 0.1) is 30.6 Å². The zero-order chi connectivity index (χ0) is 62.6. The van der Waals surface area contributed by atoms with Crippen LogP contribution in [0.4, 0.5) is 0 Å². The van der Waals surface area contributed by atoms with Crippen molar-refractivity contribution < 1.29 is 52.4 Å². The van der Waals surface area contributed by atoms with E-state index in [1.165, 1.54) is 52.7 Å². The Balaban J connectivity index is 1.71. The second-order valence-corrected chi connectivity index (χ2v) is 26.3. The third kappa shape index (κ3) is 23.1. The molecule has 3 rings (SSSR count). The Hall–Kier alpha value is -6.13.